The zero-order valence-electron chi connectivity index (χ0n) is 10.4. The molecule has 0 atom stereocenters. The van der Waals surface area contributed by atoms with Crippen LogP contribution >= 0.6 is 22.9 Å². The lowest BCUT2D eigenvalue weighted by Gasteiger charge is -2.04. The van der Waals surface area contributed by atoms with E-state index in [0.29, 0.717) is 15.8 Å². The Hall–Kier alpha value is -1.58. The topological polar surface area (TPSA) is 22.0 Å². The molecule has 2 aromatic heterocycles. The maximum absolute atomic E-state index is 12.2. The third kappa shape index (κ3) is 2.44. The van der Waals surface area contributed by atoms with Gasteiger partial charge in [-0.15, -0.1) is 11.3 Å². The van der Waals surface area contributed by atoms with Gasteiger partial charge >= 0.3 is 0 Å². The lowest BCUT2D eigenvalue weighted by molar-refractivity contribution is 0.0977. The number of carbonyl (C=O) groups excluding carboxylic acids is 1. The first-order valence-electron chi connectivity index (χ1n) is 5.97. The predicted molar refractivity (Wildman–Crippen MR) is 80.3 cm³/mol. The fourth-order valence-electron chi connectivity index (χ4n) is 2.13. The summed E-state index contributed by atoms with van der Waals surface area (Å²) in [5.41, 5.74) is 2.29. The van der Waals surface area contributed by atoms with Gasteiger partial charge in [0.15, 0.2) is 5.78 Å². The molecule has 2 nitrogen and oxygen atoms in total. The van der Waals surface area contributed by atoms with Crippen molar-refractivity contribution in [3.05, 3.63) is 57.4 Å². The number of nitrogens with zero attached hydrogens (tertiary/aromatic N) is 1. The van der Waals surface area contributed by atoms with Crippen molar-refractivity contribution in [2.45, 2.75) is 13.5 Å². The average Bonchev–Trinajstić information content (AvgIpc) is 2.97. The first kappa shape index (κ1) is 12.5. The van der Waals surface area contributed by atoms with Crippen LogP contribution in [-0.2, 0) is 6.54 Å². The average molecular weight is 290 g/mol. The highest BCUT2D eigenvalue weighted by molar-refractivity contribution is 7.18. The highest BCUT2D eigenvalue weighted by Crippen LogP contribution is 2.23. The summed E-state index contributed by atoms with van der Waals surface area (Å²) in [5.74, 6) is 0.0934. The second kappa shape index (κ2) is 4.83. The minimum atomic E-state index is 0.0934. The zero-order valence-corrected chi connectivity index (χ0v) is 12.0. The van der Waals surface area contributed by atoms with E-state index in [-0.39, 0.29) is 5.78 Å². The lowest BCUT2D eigenvalue weighted by Crippen LogP contribution is -2.07. The monoisotopic (exact) mass is 289 g/mol. The SMILES string of the molecule is Cc1ccc2ccn(CC(=O)c3ccc(Cl)s3)c2c1. The minimum Gasteiger partial charge on any atom is -0.340 e. The van der Waals surface area contributed by atoms with E-state index in [0.717, 1.165) is 10.9 Å². The Labute approximate surface area is 120 Å². The molecule has 0 spiro atoms. The van der Waals surface area contributed by atoms with Crippen molar-refractivity contribution in [3.63, 3.8) is 0 Å². The molecule has 0 aliphatic heterocycles. The van der Waals surface area contributed by atoms with Crippen LogP contribution in [0.2, 0.25) is 4.34 Å². The molecule has 0 aliphatic carbocycles. The van der Waals surface area contributed by atoms with Crippen molar-refractivity contribution in [1.29, 1.82) is 0 Å². The van der Waals surface area contributed by atoms with E-state index >= 15 is 0 Å². The predicted octanol–water partition coefficient (Wildman–Crippen LogP) is 4.55. The molecule has 0 bridgehead atoms. The number of rotatable bonds is 3. The van der Waals surface area contributed by atoms with E-state index in [1.165, 1.54) is 16.9 Å². The second-order valence-corrected chi connectivity index (χ2v) is 6.25. The number of ketones is 1. The van der Waals surface area contributed by atoms with E-state index in [2.05, 4.69) is 25.1 Å². The summed E-state index contributed by atoms with van der Waals surface area (Å²) in [7, 11) is 0. The molecule has 4 heteroatoms. The molecule has 0 amide bonds. The summed E-state index contributed by atoms with van der Waals surface area (Å²) >= 11 is 7.19. The lowest BCUT2D eigenvalue weighted by atomic mass is 10.2. The Morgan fingerprint density at radius 3 is 2.84 bits per heavy atom. The molecule has 0 radical (unpaired) electrons. The van der Waals surface area contributed by atoms with Crippen molar-refractivity contribution in [2.75, 3.05) is 0 Å². The molecule has 0 saturated carbocycles. The van der Waals surface area contributed by atoms with Crippen molar-refractivity contribution >= 4 is 39.6 Å². The first-order valence-corrected chi connectivity index (χ1v) is 7.17. The maximum atomic E-state index is 12.2. The molecule has 3 rings (SSSR count). The van der Waals surface area contributed by atoms with Crippen LogP contribution in [0.4, 0.5) is 0 Å². The van der Waals surface area contributed by atoms with Crippen LogP contribution < -0.4 is 0 Å². The van der Waals surface area contributed by atoms with Gasteiger partial charge in [0.05, 0.1) is 15.8 Å². The molecule has 0 fully saturated rings. The highest BCUT2D eigenvalue weighted by atomic mass is 35.5. The van der Waals surface area contributed by atoms with Crippen molar-refractivity contribution < 1.29 is 4.79 Å². The third-order valence-corrected chi connectivity index (χ3v) is 4.36. The molecule has 0 N–H and O–H groups in total. The summed E-state index contributed by atoms with van der Waals surface area (Å²) in [6.07, 6.45) is 1.96. The number of halogens is 1. The fraction of sp³-hybridized carbons (Fsp3) is 0.133. The smallest absolute Gasteiger partial charge is 0.192 e. The van der Waals surface area contributed by atoms with Crippen LogP contribution in [0.25, 0.3) is 10.9 Å². The van der Waals surface area contributed by atoms with Gasteiger partial charge in [0, 0.05) is 11.7 Å². The van der Waals surface area contributed by atoms with E-state index < -0.39 is 0 Å². The van der Waals surface area contributed by atoms with Gasteiger partial charge in [-0.1, -0.05) is 23.7 Å². The fourth-order valence-corrected chi connectivity index (χ4v) is 3.10. The molecule has 0 unspecified atom stereocenters. The van der Waals surface area contributed by atoms with Crippen LogP contribution in [0.1, 0.15) is 15.2 Å². The molecule has 3 aromatic rings. The van der Waals surface area contributed by atoms with Crippen molar-refractivity contribution in [2.24, 2.45) is 0 Å². The number of fused-ring (bicyclic) bond motifs is 1. The third-order valence-electron chi connectivity index (χ3n) is 3.09. The van der Waals surface area contributed by atoms with Crippen LogP contribution in [0, 0.1) is 6.92 Å². The first-order chi connectivity index (χ1) is 9.13. The van der Waals surface area contributed by atoms with Gasteiger partial charge in [0.25, 0.3) is 0 Å². The largest absolute Gasteiger partial charge is 0.340 e. The molecule has 0 aliphatic rings. The van der Waals surface area contributed by atoms with Crippen molar-refractivity contribution in [1.82, 2.24) is 4.57 Å². The molecule has 96 valence electrons. The summed E-state index contributed by atoms with van der Waals surface area (Å²) in [5, 5.41) is 1.16. The number of hydrogen-bond acceptors (Lipinski definition) is 2. The van der Waals surface area contributed by atoms with Gasteiger partial charge in [-0.3, -0.25) is 4.79 Å². The Bertz CT molecular complexity index is 756. The summed E-state index contributed by atoms with van der Waals surface area (Å²) in [6, 6.07) is 11.8. The Morgan fingerprint density at radius 2 is 2.11 bits per heavy atom. The van der Waals surface area contributed by atoms with Gasteiger partial charge in [-0.05, 0) is 42.1 Å². The van der Waals surface area contributed by atoms with Crippen LogP contribution in [0.5, 0.6) is 0 Å². The van der Waals surface area contributed by atoms with Crippen molar-refractivity contribution in [3.8, 4) is 0 Å². The Kier molecular flexibility index (Phi) is 3.17. The number of aromatic nitrogens is 1. The number of thiophene rings is 1. The molecule has 1 aromatic carbocycles. The van der Waals surface area contributed by atoms with E-state index in [9.17, 15) is 4.79 Å². The second-order valence-electron chi connectivity index (χ2n) is 4.53. The van der Waals surface area contributed by atoms with Crippen LogP contribution in [-0.4, -0.2) is 10.4 Å². The van der Waals surface area contributed by atoms with Crippen LogP contribution in [0.15, 0.2) is 42.6 Å². The molecule has 19 heavy (non-hydrogen) atoms. The normalized spacial score (nSPS) is 11.1. The zero-order chi connectivity index (χ0) is 13.4. The molecular weight excluding hydrogens is 278 g/mol. The number of carbonyl (C=O) groups is 1. The summed E-state index contributed by atoms with van der Waals surface area (Å²) in [6.45, 7) is 2.40. The number of aryl methyl sites for hydroxylation is 1. The standard InChI is InChI=1S/C15H12ClNOS/c1-10-2-3-11-6-7-17(12(11)8-10)9-13(18)14-4-5-15(16)19-14/h2-8H,9H2,1H3. The number of hydrogen-bond donors (Lipinski definition) is 0. The highest BCUT2D eigenvalue weighted by Gasteiger charge is 2.11. The van der Waals surface area contributed by atoms with Gasteiger partial charge in [-0.25, -0.2) is 0 Å². The minimum absolute atomic E-state index is 0.0934. The Balaban J connectivity index is 1.93. The summed E-state index contributed by atoms with van der Waals surface area (Å²) < 4.78 is 2.63. The molecular formula is C15H12ClNOS. The van der Waals surface area contributed by atoms with Gasteiger partial charge in [0.1, 0.15) is 0 Å². The van der Waals surface area contributed by atoms with E-state index in [1.807, 2.05) is 16.8 Å². The molecule has 2 heterocycles. The maximum Gasteiger partial charge on any atom is 0.192 e. The quantitative estimate of drug-likeness (QED) is 0.649. The number of benzene rings is 1. The summed E-state index contributed by atoms with van der Waals surface area (Å²) in [4.78, 5) is 12.9. The van der Waals surface area contributed by atoms with Gasteiger partial charge < -0.3 is 4.57 Å². The number of Topliss-reactive ketones (excluding diaryl/α,β-unsaturated/α-hetero) is 1. The van der Waals surface area contributed by atoms with Gasteiger partial charge in [0.2, 0.25) is 0 Å². The Morgan fingerprint density at radius 1 is 1.26 bits per heavy atom. The van der Waals surface area contributed by atoms with Gasteiger partial charge in [-0.2, -0.15) is 0 Å². The van der Waals surface area contributed by atoms with E-state index in [4.69, 9.17) is 11.6 Å². The van der Waals surface area contributed by atoms with Crippen LogP contribution in [0.3, 0.4) is 0 Å². The van der Waals surface area contributed by atoms with E-state index in [1.54, 1.807) is 12.1 Å². The molecule has 0 saturated heterocycles.